The molecule has 0 bridgehead atoms. The fourth-order valence-electron chi connectivity index (χ4n) is 8.01. The highest BCUT2D eigenvalue weighted by molar-refractivity contribution is 6.11. The van der Waals surface area contributed by atoms with E-state index in [-0.39, 0.29) is 50.6 Å². The molecule has 65 heavy (non-hydrogen) atoms. The number of nitro groups is 1. The first kappa shape index (κ1) is 48.1. The van der Waals surface area contributed by atoms with Crippen LogP contribution in [0.3, 0.4) is 0 Å². The summed E-state index contributed by atoms with van der Waals surface area (Å²) in [6.45, 7) is 1.82. The molecule has 21 nitrogen and oxygen atoms in total. The number of nitrogens with two attached hydrogens (primary N) is 1. The summed E-state index contributed by atoms with van der Waals surface area (Å²) in [4.78, 5) is 81.7. The summed E-state index contributed by atoms with van der Waals surface area (Å²) in [5, 5.41) is 48.6. The zero-order valence-electron chi connectivity index (χ0n) is 35.9. The van der Waals surface area contributed by atoms with E-state index >= 15 is 0 Å². The first-order valence-electron chi connectivity index (χ1n) is 21.4. The normalized spacial score (nSPS) is 21.1. The Morgan fingerprint density at radius 1 is 0.985 bits per heavy atom. The van der Waals surface area contributed by atoms with Crippen LogP contribution < -0.4 is 32.3 Å². The lowest BCUT2D eigenvalue weighted by Crippen LogP contribution is -2.65. The Hall–Kier alpha value is -6.36. The molecule has 0 spiro atoms. The Kier molecular flexibility index (Phi) is 17.0. The molecular weight excluding hydrogens is 847 g/mol. The molecular formula is C44H55N9O12. The van der Waals surface area contributed by atoms with E-state index in [1.54, 1.807) is 12.1 Å². The predicted octanol–water partition coefficient (Wildman–Crippen LogP) is 0.340. The van der Waals surface area contributed by atoms with Gasteiger partial charge in [-0.2, -0.15) is 0 Å². The number of nitrogens with zero attached hydrogens (tertiary/aromatic N) is 3. The second-order valence-electron chi connectivity index (χ2n) is 15.7. The molecule has 2 aliphatic heterocycles. The van der Waals surface area contributed by atoms with Gasteiger partial charge in [-0.3, -0.25) is 34.1 Å². The van der Waals surface area contributed by atoms with Crippen molar-refractivity contribution in [3.63, 3.8) is 0 Å². The second-order valence-corrected chi connectivity index (χ2v) is 15.7. The standard InChI is InChI=1S/C44H55N9O12/c1-26(55)49-39-41(40(58)34(23-54)65-44(39)64-24-27-9-3-2-4-10-27)63-25-36(57)52-22-8-15-33(52)43(60)51-31(42(45)59)16-17-35(56)47-20-18-46-19-21-48-38-28-11-5-6-12-29(28)50-30-13-7-14-32(37(30)38)53(61)62/h2-7,9-14,31,33-34,39-41,44,46,54,58H,8,15-25H2,1H3,(H2,45,59)(H,47,56)(H,48,50)(H,49,55)(H,51,60)/t31-,33?,34?,39?,40?,41?,44?/m0/s1. The van der Waals surface area contributed by atoms with Gasteiger partial charge in [0.15, 0.2) is 6.29 Å². The van der Waals surface area contributed by atoms with Gasteiger partial charge in [-0.1, -0.05) is 54.6 Å². The van der Waals surface area contributed by atoms with Gasteiger partial charge in [-0.15, -0.1) is 0 Å². The number of nitrogens with one attached hydrogen (secondary N) is 5. The van der Waals surface area contributed by atoms with Gasteiger partial charge in [-0.05, 0) is 37.0 Å². The lowest BCUT2D eigenvalue weighted by atomic mass is 9.96. The number of aromatic nitrogens is 1. The number of nitro benzene ring substituents is 1. The summed E-state index contributed by atoms with van der Waals surface area (Å²) in [5.74, 6) is -2.98. The number of amides is 5. The quantitative estimate of drug-likeness (QED) is 0.0228. The number of primary amides is 1. The molecule has 3 heterocycles. The summed E-state index contributed by atoms with van der Waals surface area (Å²) < 4.78 is 17.7. The first-order valence-corrected chi connectivity index (χ1v) is 21.4. The average molecular weight is 902 g/mol. The van der Waals surface area contributed by atoms with Crippen molar-refractivity contribution < 1.29 is 53.3 Å². The minimum atomic E-state index is -1.47. The van der Waals surface area contributed by atoms with E-state index in [9.17, 15) is 44.3 Å². The summed E-state index contributed by atoms with van der Waals surface area (Å²) in [7, 11) is 0. The zero-order chi connectivity index (χ0) is 46.5. The molecule has 3 aromatic carbocycles. The van der Waals surface area contributed by atoms with Gasteiger partial charge in [0.2, 0.25) is 29.5 Å². The minimum absolute atomic E-state index is 0.0553. The predicted molar refractivity (Wildman–Crippen MR) is 236 cm³/mol. The Morgan fingerprint density at radius 2 is 1.72 bits per heavy atom. The number of pyridine rings is 1. The molecule has 5 amide bonds. The molecule has 6 unspecified atom stereocenters. The number of ether oxygens (including phenoxy) is 3. The molecule has 4 aromatic rings. The Balaban J connectivity index is 0.948. The van der Waals surface area contributed by atoms with E-state index in [0.29, 0.717) is 48.2 Å². The third-order valence-corrected chi connectivity index (χ3v) is 11.2. The highest BCUT2D eigenvalue weighted by Crippen LogP contribution is 2.36. The molecule has 0 saturated carbocycles. The third-order valence-electron chi connectivity index (χ3n) is 11.2. The first-order chi connectivity index (χ1) is 31.4. The number of aliphatic hydroxyl groups excluding tert-OH is 2. The fourth-order valence-corrected chi connectivity index (χ4v) is 8.01. The van der Waals surface area contributed by atoms with Crippen LogP contribution in [0.1, 0.15) is 38.2 Å². The summed E-state index contributed by atoms with van der Waals surface area (Å²) in [5.41, 5.74) is 8.15. The van der Waals surface area contributed by atoms with Crippen molar-refractivity contribution in [1.29, 1.82) is 0 Å². The van der Waals surface area contributed by atoms with Crippen molar-refractivity contribution in [2.45, 2.75) is 81.9 Å². The summed E-state index contributed by atoms with van der Waals surface area (Å²) in [6, 6.07) is 18.0. The number of hydrogen-bond acceptors (Lipinski definition) is 15. The largest absolute Gasteiger partial charge is 0.394 e. The average Bonchev–Trinajstić information content (AvgIpc) is 3.80. The van der Waals surface area contributed by atoms with Gasteiger partial charge < -0.3 is 61.6 Å². The number of non-ortho nitro benzene ring substituents is 1. The fraction of sp³-hybridized carbons (Fsp3) is 0.455. The smallest absolute Gasteiger partial charge is 0.280 e. The van der Waals surface area contributed by atoms with Crippen LogP contribution in [0.15, 0.2) is 72.8 Å². The topological polar surface area (TPSA) is 299 Å². The van der Waals surface area contributed by atoms with Crippen molar-refractivity contribution in [3.05, 3.63) is 88.5 Å². The van der Waals surface area contributed by atoms with Crippen molar-refractivity contribution in [1.82, 2.24) is 31.2 Å². The molecule has 6 rings (SSSR count). The molecule has 7 atom stereocenters. The molecule has 21 heteroatoms. The maximum atomic E-state index is 13.6. The van der Waals surface area contributed by atoms with E-state index in [0.717, 1.165) is 10.9 Å². The number of anilines is 1. The van der Waals surface area contributed by atoms with Crippen LogP contribution in [0.5, 0.6) is 0 Å². The molecule has 9 N–H and O–H groups in total. The Labute approximate surface area is 373 Å². The Bertz CT molecular complexity index is 2320. The number of fused-ring (bicyclic) bond motifs is 2. The van der Waals surface area contributed by atoms with Crippen molar-refractivity contribution in [2.24, 2.45) is 5.73 Å². The van der Waals surface area contributed by atoms with Gasteiger partial charge in [0.25, 0.3) is 5.69 Å². The molecule has 0 aliphatic carbocycles. The van der Waals surface area contributed by atoms with Crippen LogP contribution >= 0.6 is 0 Å². The molecule has 348 valence electrons. The monoisotopic (exact) mass is 901 g/mol. The molecule has 2 saturated heterocycles. The summed E-state index contributed by atoms with van der Waals surface area (Å²) >= 11 is 0. The number of benzene rings is 3. The van der Waals surface area contributed by atoms with E-state index in [2.05, 4.69) is 31.6 Å². The van der Waals surface area contributed by atoms with Crippen LogP contribution in [-0.4, -0.2) is 143 Å². The van der Waals surface area contributed by atoms with E-state index in [1.807, 2.05) is 54.6 Å². The molecule has 2 fully saturated rings. The van der Waals surface area contributed by atoms with Crippen molar-refractivity contribution >= 4 is 62.7 Å². The number of para-hydroxylation sites is 1. The zero-order valence-corrected chi connectivity index (χ0v) is 35.9. The number of rotatable bonds is 22. The van der Waals surface area contributed by atoms with E-state index in [1.165, 1.54) is 17.9 Å². The highest BCUT2D eigenvalue weighted by Gasteiger charge is 2.47. The number of carbonyl (C=O) groups excluding carboxylic acids is 5. The van der Waals surface area contributed by atoms with Gasteiger partial charge in [0.1, 0.15) is 48.4 Å². The van der Waals surface area contributed by atoms with Crippen LogP contribution in [-0.2, 0) is 44.8 Å². The van der Waals surface area contributed by atoms with Crippen molar-refractivity contribution in [3.8, 4) is 0 Å². The number of carbonyl (C=O) groups is 5. The lowest BCUT2D eigenvalue weighted by Gasteiger charge is -2.44. The van der Waals surface area contributed by atoms with Crippen LogP contribution in [0, 0.1) is 10.1 Å². The van der Waals surface area contributed by atoms with Crippen molar-refractivity contribution in [2.75, 3.05) is 51.3 Å². The van der Waals surface area contributed by atoms with Gasteiger partial charge >= 0.3 is 0 Å². The molecule has 1 aromatic heterocycles. The maximum Gasteiger partial charge on any atom is 0.280 e. The van der Waals surface area contributed by atoms with Gasteiger partial charge in [-0.25, -0.2) is 4.98 Å². The third kappa shape index (κ3) is 12.5. The van der Waals surface area contributed by atoms with Crippen LogP contribution in [0.2, 0.25) is 0 Å². The second kappa shape index (κ2) is 23.0. The highest BCUT2D eigenvalue weighted by atomic mass is 16.7. The van der Waals surface area contributed by atoms with Crippen LogP contribution in [0.25, 0.3) is 21.8 Å². The molecule has 0 radical (unpaired) electrons. The van der Waals surface area contributed by atoms with E-state index in [4.69, 9.17) is 19.9 Å². The summed E-state index contributed by atoms with van der Waals surface area (Å²) in [6.07, 6.45) is -4.55. The SMILES string of the molecule is CC(=O)NC1C(OCc2ccccc2)OC(CO)C(O)C1OCC(=O)N1CCCC1C(=O)N[C@@H](CCC(=O)NCCNCCNc1c2ccccc2nc2cccc([N+](=O)[O-])c12)C(N)=O. The number of aliphatic hydroxyl groups is 2. The lowest BCUT2D eigenvalue weighted by molar-refractivity contribution is -0.383. The number of likely N-dealkylation sites (tertiary alicyclic amines) is 1. The van der Waals surface area contributed by atoms with Crippen LogP contribution in [0.4, 0.5) is 11.4 Å². The maximum absolute atomic E-state index is 13.6. The Morgan fingerprint density at radius 3 is 2.46 bits per heavy atom. The van der Waals surface area contributed by atoms with E-state index < -0.39 is 84.5 Å². The minimum Gasteiger partial charge on any atom is -0.394 e. The van der Waals surface area contributed by atoms with Gasteiger partial charge in [0, 0.05) is 57.5 Å². The number of hydrogen-bond donors (Lipinski definition) is 8. The molecule has 2 aliphatic rings. The van der Waals surface area contributed by atoms with Gasteiger partial charge in [0.05, 0.1) is 34.9 Å².